The molecule has 11 rings (SSSR count). The van der Waals surface area contributed by atoms with Crippen LogP contribution < -0.4 is 24.8 Å². The number of aliphatic carboxylic acids is 1. The molecule has 2 saturated heterocycles. The Morgan fingerprint density at radius 3 is 1.78 bits per heavy atom. The molecule has 6 heterocycles. The van der Waals surface area contributed by atoms with Gasteiger partial charge in [-0.1, -0.05) is 59.7 Å². The molecule has 2 amide bonds. The summed E-state index contributed by atoms with van der Waals surface area (Å²) in [5, 5.41) is 29.3. The van der Waals surface area contributed by atoms with Crippen LogP contribution in [0, 0.1) is 13.8 Å². The molecular formula is C63H78N12O8. The number of aromatic nitrogens is 6. The number of likely N-dealkylation sites (N-methyl/N-ethyl adjacent to an activating group) is 2. The van der Waals surface area contributed by atoms with E-state index in [0.717, 1.165) is 71.6 Å². The molecule has 2 aliphatic heterocycles. The second-order valence-electron chi connectivity index (χ2n) is 22.8. The van der Waals surface area contributed by atoms with Gasteiger partial charge < -0.3 is 44.5 Å². The topological polar surface area (TPSA) is 218 Å². The zero-order valence-electron chi connectivity index (χ0n) is 48.9. The van der Waals surface area contributed by atoms with Crippen molar-refractivity contribution in [1.82, 2.24) is 49.5 Å². The van der Waals surface area contributed by atoms with E-state index in [1.165, 1.54) is 37.3 Å². The zero-order chi connectivity index (χ0) is 58.6. The van der Waals surface area contributed by atoms with Crippen LogP contribution in [0.3, 0.4) is 0 Å². The summed E-state index contributed by atoms with van der Waals surface area (Å²) in [5.74, 6) is 4.22. The number of nitrogens with zero attached hydrogens (tertiary/aromatic N) is 9. The maximum absolute atomic E-state index is 12.6. The molecule has 2 atom stereocenters. The molecule has 4 fully saturated rings. The Hall–Kier alpha value is -8.49. The number of hydrogen-bond acceptors (Lipinski definition) is 15. The monoisotopic (exact) mass is 1130 g/mol. The number of ether oxygens (including phenoxy) is 4. The first-order valence-electron chi connectivity index (χ1n) is 28.5. The third-order valence-electron chi connectivity index (χ3n) is 14.7. The number of H-pyrrole nitrogens is 1. The van der Waals surface area contributed by atoms with E-state index in [0.29, 0.717) is 72.7 Å². The standard InChI is InChI=1S/C30H35N5O4.C25H30N6O2.C8H13NO2/c1-20-6-10-24(11-7-20)38-25-14-16-31-28-26(25)27(33-35(28)18-21-8-12-23(37-5)13-9-21)32-22-15-17-34(19-22)29(36)39-30(2,3)4;1-17-5-9-20(10-6-17)33-21-11-13-26-24-23(21)25(29-28-24)27-18-12-15-31(16-18)22(32)4-3-14-30(2)19-7-8-19;1-9(7-4-5-7)6-2-3-8(10)11/h6-14,16,22H,15,17-19H2,1-5H3,(H,32,33);3-6,9-11,13,18-19H,7-8,12,14-16H2,1-2H3,(H2,26,27,28,29);2-3,7H,4-6H2,1H3,(H,10,11)/b;4-3+;3-2+/t22-;18-;/m11./s1. The van der Waals surface area contributed by atoms with Gasteiger partial charge in [-0.25, -0.2) is 24.2 Å². The van der Waals surface area contributed by atoms with Gasteiger partial charge in [-0.05, 0) is 129 Å². The summed E-state index contributed by atoms with van der Waals surface area (Å²) in [7, 11) is 5.78. The number of nitrogens with one attached hydrogen (secondary N) is 3. The van der Waals surface area contributed by atoms with Gasteiger partial charge in [0.15, 0.2) is 22.9 Å². The number of methoxy groups -OCH3 is 1. The Bertz CT molecular complexity index is 3370. The highest BCUT2D eigenvalue weighted by atomic mass is 16.6. The Balaban J connectivity index is 0.000000170. The summed E-state index contributed by atoms with van der Waals surface area (Å²) in [4.78, 5) is 52.4. The first kappa shape index (κ1) is 59.1. The molecule has 3 aromatic carbocycles. The number of carboxylic acid groups (broad SMARTS) is 1. The van der Waals surface area contributed by atoms with Crippen LogP contribution in [0.4, 0.5) is 16.4 Å². The zero-order valence-corrected chi connectivity index (χ0v) is 48.9. The number of rotatable bonds is 19. The van der Waals surface area contributed by atoms with Crippen molar-refractivity contribution in [3.63, 3.8) is 0 Å². The third kappa shape index (κ3) is 16.8. The van der Waals surface area contributed by atoms with Gasteiger partial charge in [0.2, 0.25) is 5.91 Å². The van der Waals surface area contributed by atoms with Gasteiger partial charge in [-0.2, -0.15) is 10.2 Å². The van der Waals surface area contributed by atoms with Crippen LogP contribution >= 0.6 is 0 Å². The third-order valence-corrected chi connectivity index (χ3v) is 14.7. The van der Waals surface area contributed by atoms with E-state index in [9.17, 15) is 14.4 Å². The minimum absolute atomic E-state index is 0.0116. The van der Waals surface area contributed by atoms with Crippen LogP contribution in [0.1, 0.15) is 76.0 Å². The Morgan fingerprint density at radius 2 is 1.22 bits per heavy atom. The molecule has 83 heavy (non-hydrogen) atoms. The van der Waals surface area contributed by atoms with Crippen molar-refractivity contribution in [3.8, 4) is 28.7 Å². The highest BCUT2D eigenvalue weighted by molar-refractivity contribution is 5.94. The first-order valence-corrected chi connectivity index (χ1v) is 28.5. The highest BCUT2D eigenvalue weighted by Crippen LogP contribution is 2.37. The molecule has 2 saturated carbocycles. The minimum Gasteiger partial charge on any atom is -0.497 e. The predicted octanol–water partition coefficient (Wildman–Crippen LogP) is 10.5. The number of fused-ring (bicyclic) bond motifs is 2. The van der Waals surface area contributed by atoms with E-state index in [2.05, 4.69) is 47.6 Å². The lowest BCUT2D eigenvalue weighted by Gasteiger charge is -2.24. The van der Waals surface area contributed by atoms with Gasteiger partial charge >= 0.3 is 12.1 Å². The molecule has 20 nitrogen and oxygen atoms in total. The summed E-state index contributed by atoms with van der Waals surface area (Å²) in [6, 6.07) is 29.0. The van der Waals surface area contributed by atoms with Gasteiger partial charge in [-0.15, -0.1) is 0 Å². The van der Waals surface area contributed by atoms with E-state index in [-0.39, 0.29) is 24.1 Å². The lowest BCUT2D eigenvalue weighted by molar-refractivity contribution is -0.131. The molecule has 0 spiro atoms. The van der Waals surface area contributed by atoms with E-state index in [1.54, 1.807) is 36.6 Å². The van der Waals surface area contributed by atoms with Crippen molar-refractivity contribution in [3.05, 3.63) is 138 Å². The molecule has 0 bridgehead atoms. The number of carbonyl (C=O) groups excluding carboxylic acids is 2. The van der Waals surface area contributed by atoms with E-state index < -0.39 is 11.6 Å². The van der Waals surface area contributed by atoms with Gasteiger partial charge in [0.1, 0.15) is 45.1 Å². The maximum atomic E-state index is 12.6. The van der Waals surface area contributed by atoms with Gasteiger partial charge in [0, 0.05) is 100 Å². The first-order chi connectivity index (χ1) is 39.9. The number of carbonyl (C=O) groups is 3. The molecule has 4 aromatic heterocycles. The number of pyridine rings is 2. The van der Waals surface area contributed by atoms with Gasteiger partial charge in [0.25, 0.3) is 0 Å². The second kappa shape index (κ2) is 27.1. The van der Waals surface area contributed by atoms with Crippen molar-refractivity contribution in [2.75, 3.05) is 71.1 Å². The van der Waals surface area contributed by atoms with Crippen molar-refractivity contribution in [2.24, 2.45) is 0 Å². The average molecular weight is 1130 g/mol. The Labute approximate surface area is 485 Å². The van der Waals surface area contributed by atoms with Gasteiger partial charge in [-0.3, -0.25) is 19.7 Å². The maximum Gasteiger partial charge on any atom is 0.410 e. The van der Waals surface area contributed by atoms with Crippen molar-refractivity contribution >= 4 is 51.7 Å². The minimum atomic E-state index is -0.866. The lowest BCUT2D eigenvalue weighted by atomic mass is 10.2. The van der Waals surface area contributed by atoms with E-state index in [1.807, 2.05) is 142 Å². The lowest BCUT2D eigenvalue weighted by Crippen LogP contribution is -2.36. The quantitative estimate of drug-likeness (QED) is 0.0554. The van der Waals surface area contributed by atoms with Crippen LogP contribution in [-0.2, 0) is 20.9 Å². The van der Waals surface area contributed by atoms with E-state index in [4.69, 9.17) is 29.2 Å². The largest absolute Gasteiger partial charge is 0.497 e. The van der Waals surface area contributed by atoms with Crippen LogP contribution in [0.25, 0.3) is 22.1 Å². The fraction of sp³-hybridized carbons (Fsp3) is 0.413. The van der Waals surface area contributed by atoms with Crippen LogP contribution in [0.2, 0.25) is 0 Å². The number of hydrogen-bond donors (Lipinski definition) is 4. The highest BCUT2D eigenvalue weighted by Gasteiger charge is 2.32. The fourth-order valence-electron chi connectivity index (χ4n) is 9.76. The summed E-state index contributed by atoms with van der Waals surface area (Å²) in [6.07, 6.45) is 16.4. The number of carboxylic acids is 1. The number of aryl methyl sites for hydroxylation is 2. The summed E-state index contributed by atoms with van der Waals surface area (Å²) in [5.41, 5.74) is 4.24. The number of benzene rings is 3. The molecular weight excluding hydrogens is 1050 g/mol. The van der Waals surface area contributed by atoms with Crippen molar-refractivity contribution in [2.45, 2.75) is 109 Å². The average Bonchev–Trinajstić information content (AvgIpc) is 4.21. The molecule has 0 radical (unpaired) electrons. The van der Waals surface area contributed by atoms with Crippen molar-refractivity contribution in [1.29, 1.82) is 0 Å². The Morgan fingerprint density at radius 1 is 0.687 bits per heavy atom. The Kier molecular flexibility index (Phi) is 19.3. The van der Waals surface area contributed by atoms with Crippen LogP contribution in [-0.4, -0.2) is 163 Å². The molecule has 438 valence electrons. The molecule has 4 N–H and O–H groups in total. The van der Waals surface area contributed by atoms with Crippen LogP contribution in [0.5, 0.6) is 28.7 Å². The van der Waals surface area contributed by atoms with Crippen molar-refractivity contribution < 1.29 is 38.4 Å². The van der Waals surface area contributed by atoms with E-state index >= 15 is 0 Å². The molecule has 20 heteroatoms. The summed E-state index contributed by atoms with van der Waals surface area (Å²) in [6.45, 7) is 14.3. The van der Waals surface area contributed by atoms with Crippen LogP contribution in [0.15, 0.2) is 122 Å². The smallest absolute Gasteiger partial charge is 0.410 e. The number of amides is 2. The normalized spacial score (nSPS) is 17.0. The summed E-state index contributed by atoms with van der Waals surface area (Å²) < 4.78 is 25.2. The molecule has 7 aromatic rings. The van der Waals surface area contributed by atoms with Gasteiger partial charge in [0.05, 0.1) is 13.7 Å². The molecule has 4 aliphatic rings. The summed E-state index contributed by atoms with van der Waals surface area (Å²) >= 11 is 0. The predicted molar refractivity (Wildman–Crippen MR) is 322 cm³/mol. The fourth-order valence-corrected chi connectivity index (χ4v) is 9.76. The SMILES string of the molecule is CN(C/C=C/C(=O)O)C1CC1.COc1ccc(Cn2nc(N[C@@H]3CCN(C(=O)OC(C)(C)C)C3)c3c(Oc4ccc(C)cc4)ccnc32)cc1.Cc1ccc(Oc2ccnc3[nH]nc(N[C@@H]4CCN(C(=O)/C=C/CN(C)C5CC5)C4)c23)cc1. The number of anilines is 2. The molecule has 2 aliphatic carbocycles. The number of aromatic amines is 1. The second-order valence-corrected chi connectivity index (χ2v) is 22.8. The number of likely N-dealkylation sites (tertiary alicyclic amines) is 2. The molecule has 0 unspecified atom stereocenters.